The first-order valence-corrected chi connectivity index (χ1v) is 8.21. The average Bonchev–Trinajstić information content (AvgIpc) is 2.97. The van der Waals surface area contributed by atoms with Gasteiger partial charge in [0.15, 0.2) is 5.82 Å². The van der Waals surface area contributed by atoms with E-state index in [9.17, 15) is 0 Å². The van der Waals surface area contributed by atoms with Gasteiger partial charge in [0, 0.05) is 18.5 Å². The quantitative estimate of drug-likeness (QED) is 0.868. The van der Waals surface area contributed by atoms with Crippen LogP contribution in [-0.4, -0.2) is 40.8 Å². The molecule has 0 N–H and O–H groups in total. The third-order valence-corrected chi connectivity index (χ3v) is 4.03. The Morgan fingerprint density at radius 3 is 2.70 bits per heavy atom. The predicted molar refractivity (Wildman–Crippen MR) is 88.2 cm³/mol. The summed E-state index contributed by atoms with van der Waals surface area (Å²) in [6, 6.07) is 10.5. The van der Waals surface area contributed by atoms with Crippen LogP contribution in [0.25, 0.3) is 0 Å². The minimum Gasteiger partial charge on any atom is -0.375 e. The Balaban J connectivity index is 1.57. The second-order valence-electron chi connectivity index (χ2n) is 7.18. The molecular formula is C18H25N3O2. The maximum atomic E-state index is 5.90. The Morgan fingerprint density at radius 1 is 1.22 bits per heavy atom. The molecule has 0 unspecified atom stereocenters. The molecule has 0 radical (unpaired) electrons. The molecule has 1 aliphatic rings. The molecule has 2 heterocycles. The largest absolute Gasteiger partial charge is 0.375 e. The van der Waals surface area contributed by atoms with Gasteiger partial charge in [0.05, 0.1) is 19.3 Å². The van der Waals surface area contributed by atoms with Gasteiger partial charge in [-0.25, -0.2) is 0 Å². The SMILES string of the molecule is CC(C)(C)c1noc(CN2CCO[C@@H](Cc3ccccc3)C2)n1. The lowest BCUT2D eigenvalue weighted by atomic mass is 9.96. The molecule has 124 valence electrons. The van der Waals surface area contributed by atoms with E-state index in [4.69, 9.17) is 9.26 Å². The van der Waals surface area contributed by atoms with Crippen LogP contribution in [0.3, 0.4) is 0 Å². The number of benzene rings is 1. The van der Waals surface area contributed by atoms with Crippen molar-refractivity contribution in [3.8, 4) is 0 Å². The Kier molecular flexibility index (Phi) is 4.78. The highest BCUT2D eigenvalue weighted by Crippen LogP contribution is 2.19. The number of morpholine rings is 1. The fraction of sp³-hybridized carbons (Fsp3) is 0.556. The van der Waals surface area contributed by atoms with Gasteiger partial charge in [-0.1, -0.05) is 56.3 Å². The van der Waals surface area contributed by atoms with E-state index < -0.39 is 0 Å². The summed E-state index contributed by atoms with van der Waals surface area (Å²) in [5.41, 5.74) is 1.23. The molecule has 0 saturated carbocycles. The highest BCUT2D eigenvalue weighted by atomic mass is 16.5. The molecule has 1 aliphatic heterocycles. The number of hydrogen-bond acceptors (Lipinski definition) is 5. The summed E-state index contributed by atoms with van der Waals surface area (Å²) < 4.78 is 11.3. The van der Waals surface area contributed by atoms with Crippen LogP contribution in [0.4, 0.5) is 0 Å². The topological polar surface area (TPSA) is 51.4 Å². The van der Waals surface area contributed by atoms with Crippen molar-refractivity contribution < 1.29 is 9.26 Å². The Morgan fingerprint density at radius 2 is 2.00 bits per heavy atom. The monoisotopic (exact) mass is 315 g/mol. The molecule has 1 atom stereocenters. The maximum absolute atomic E-state index is 5.90. The smallest absolute Gasteiger partial charge is 0.240 e. The Labute approximate surface area is 137 Å². The van der Waals surface area contributed by atoms with Crippen molar-refractivity contribution >= 4 is 0 Å². The molecule has 0 amide bonds. The zero-order chi connectivity index (χ0) is 16.3. The molecule has 1 fully saturated rings. The van der Waals surface area contributed by atoms with Crippen LogP contribution in [0.5, 0.6) is 0 Å². The van der Waals surface area contributed by atoms with E-state index >= 15 is 0 Å². The highest BCUT2D eigenvalue weighted by Gasteiger charge is 2.25. The summed E-state index contributed by atoms with van der Waals surface area (Å²) in [4.78, 5) is 6.85. The fourth-order valence-corrected chi connectivity index (χ4v) is 2.74. The molecular weight excluding hydrogens is 290 g/mol. The fourth-order valence-electron chi connectivity index (χ4n) is 2.74. The molecule has 1 saturated heterocycles. The van der Waals surface area contributed by atoms with E-state index in [2.05, 4.69) is 60.1 Å². The van der Waals surface area contributed by atoms with Gasteiger partial charge < -0.3 is 9.26 Å². The minimum absolute atomic E-state index is 0.0808. The van der Waals surface area contributed by atoms with Crippen molar-refractivity contribution in [3.05, 3.63) is 47.6 Å². The van der Waals surface area contributed by atoms with Crippen molar-refractivity contribution in [1.29, 1.82) is 0 Å². The van der Waals surface area contributed by atoms with E-state index in [-0.39, 0.29) is 11.5 Å². The van der Waals surface area contributed by atoms with Crippen molar-refractivity contribution in [2.45, 2.75) is 45.3 Å². The molecule has 0 spiro atoms. The van der Waals surface area contributed by atoms with Crippen LogP contribution in [-0.2, 0) is 23.1 Å². The lowest BCUT2D eigenvalue weighted by Crippen LogP contribution is -2.42. The lowest BCUT2D eigenvalue weighted by Gasteiger charge is -2.32. The van der Waals surface area contributed by atoms with Gasteiger partial charge in [0.2, 0.25) is 5.89 Å². The van der Waals surface area contributed by atoms with Gasteiger partial charge in [-0.3, -0.25) is 4.90 Å². The Bertz CT molecular complexity index is 619. The molecule has 5 nitrogen and oxygen atoms in total. The molecule has 5 heteroatoms. The molecule has 0 aliphatic carbocycles. The van der Waals surface area contributed by atoms with Gasteiger partial charge >= 0.3 is 0 Å². The highest BCUT2D eigenvalue weighted by molar-refractivity contribution is 5.15. The van der Waals surface area contributed by atoms with E-state index in [1.165, 1.54) is 5.56 Å². The number of rotatable bonds is 4. The summed E-state index contributed by atoms with van der Waals surface area (Å²) in [6.45, 7) is 9.50. The van der Waals surface area contributed by atoms with Gasteiger partial charge in [-0.2, -0.15) is 4.98 Å². The van der Waals surface area contributed by atoms with Gasteiger partial charge in [0.25, 0.3) is 0 Å². The van der Waals surface area contributed by atoms with E-state index in [0.29, 0.717) is 12.4 Å². The molecule has 0 bridgehead atoms. The standard InChI is InChI=1S/C18H25N3O2/c1-18(2,3)17-19-16(23-20-17)13-21-9-10-22-15(12-21)11-14-7-5-4-6-8-14/h4-8,15H,9-13H2,1-3H3/t15-/m0/s1. The van der Waals surface area contributed by atoms with Crippen LogP contribution < -0.4 is 0 Å². The summed E-state index contributed by atoms with van der Waals surface area (Å²) in [5.74, 6) is 1.46. The molecule has 3 rings (SSSR count). The van der Waals surface area contributed by atoms with Crippen LogP contribution in [0.2, 0.25) is 0 Å². The second kappa shape index (κ2) is 6.81. The van der Waals surface area contributed by atoms with Crippen LogP contribution in [0, 0.1) is 0 Å². The van der Waals surface area contributed by atoms with E-state index in [1.807, 2.05) is 6.07 Å². The minimum atomic E-state index is -0.0808. The zero-order valence-electron chi connectivity index (χ0n) is 14.2. The molecule has 1 aromatic heterocycles. The van der Waals surface area contributed by atoms with Gasteiger partial charge in [-0.05, 0) is 12.0 Å². The average molecular weight is 315 g/mol. The zero-order valence-corrected chi connectivity index (χ0v) is 14.2. The second-order valence-corrected chi connectivity index (χ2v) is 7.18. The van der Waals surface area contributed by atoms with Gasteiger partial charge in [-0.15, -0.1) is 0 Å². The number of ether oxygens (including phenoxy) is 1. The summed E-state index contributed by atoms with van der Waals surface area (Å²) >= 11 is 0. The molecule has 2 aromatic rings. The van der Waals surface area contributed by atoms with E-state index in [1.54, 1.807) is 0 Å². The first-order valence-electron chi connectivity index (χ1n) is 8.21. The van der Waals surface area contributed by atoms with Gasteiger partial charge in [0.1, 0.15) is 0 Å². The first kappa shape index (κ1) is 16.1. The van der Waals surface area contributed by atoms with Crippen LogP contribution >= 0.6 is 0 Å². The number of nitrogens with zero attached hydrogens (tertiary/aromatic N) is 3. The molecule has 1 aromatic carbocycles. The maximum Gasteiger partial charge on any atom is 0.240 e. The predicted octanol–water partition coefficient (Wildman–Crippen LogP) is 2.81. The summed E-state index contributed by atoms with van der Waals surface area (Å²) in [7, 11) is 0. The first-order chi connectivity index (χ1) is 11.0. The normalized spacial score (nSPS) is 19.9. The van der Waals surface area contributed by atoms with Crippen LogP contribution in [0.15, 0.2) is 34.9 Å². The van der Waals surface area contributed by atoms with Crippen LogP contribution in [0.1, 0.15) is 38.0 Å². The summed E-state index contributed by atoms with van der Waals surface area (Å²) in [5, 5.41) is 4.10. The third kappa shape index (κ3) is 4.39. The third-order valence-electron chi connectivity index (χ3n) is 4.03. The molecule has 23 heavy (non-hydrogen) atoms. The Hall–Kier alpha value is -1.72. The van der Waals surface area contributed by atoms with E-state index in [0.717, 1.165) is 31.9 Å². The summed E-state index contributed by atoms with van der Waals surface area (Å²) in [6.07, 6.45) is 1.16. The lowest BCUT2D eigenvalue weighted by molar-refractivity contribution is -0.0331. The number of hydrogen-bond donors (Lipinski definition) is 0. The van der Waals surface area contributed by atoms with Crippen molar-refractivity contribution in [1.82, 2.24) is 15.0 Å². The number of aromatic nitrogens is 2. The van der Waals surface area contributed by atoms with Crippen molar-refractivity contribution in [2.24, 2.45) is 0 Å². The van der Waals surface area contributed by atoms with Crippen molar-refractivity contribution in [2.75, 3.05) is 19.7 Å². The van der Waals surface area contributed by atoms with Crippen molar-refractivity contribution in [3.63, 3.8) is 0 Å².